The van der Waals surface area contributed by atoms with Crippen LogP contribution in [0.25, 0.3) is 0 Å². The predicted octanol–water partition coefficient (Wildman–Crippen LogP) is 6.70. The summed E-state index contributed by atoms with van der Waals surface area (Å²) < 4.78 is 0. The monoisotopic (exact) mass is 554 g/mol. The van der Waals surface area contributed by atoms with E-state index in [-0.39, 0.29) is 23.6 Å². The fourth-order valence-electron chi connectivity index (χ4n) is 4.11. The maximum atomic E-state index is 12.8. The van der Waals surface area contributed by atoms with Crippen LogP contribution in [-0.4, -0.2) is 23.6 Å². The van der Waals surface area contributed by atoms with Crippen LogP contribution in [0.2, 0.25) is 0 Å². The van der Waals surface area contributed by atoms with Gasteiger partial charge in [0.2, 0.25) is 0 Å². The Hall–Kier alpha value is -6.02. The summed E-state index contributed by atoms with van der Waals surface area (Å²) in [4.78, 5) is 50.5. The fourth-order valence-corrected chi connectivity index (χ4v) is 4.11. The van der Waals surface area contributed by atoms with E-state index >= 15 is 0 Å². The summed E-state index contributed by atoms with van der Waals surface area (Å²) in [5.74, 6) is -1.24. The number of hydrogen-bond donors (Lipinski definition) is 4. The zero-order valence-electron chi connectivity index (χ0n) is 22.3. The highest BCUT2D eigenvalue weighted by molar-refractivity contribution is 6.09. The van der Waals surface area contributed by atoms with E-state index in [1.807, 2.05) is 12.1 Å². The number of benzene rings is 5. The number of carbonyl (C=O) groups is 4. The summed E-state index contributed by atoms with van der Waals surface area (Å²) >= 11 is 0. The molecule has 0 aliphatic carbocycles. The van der Waals surface area contributed by atoms with Crippen LogP contribution in [0.1, 0.15) is 41.4 Å². The van der Waals surface area contributed by atoms with Crippen molar-refractivity contribution in [2.24, 2.45) is 0 Å². The van der Waals surface area contributed by atoms with Crippen LogP contribution >= 0.6 is 0 Å². The van der Waals surface area contributed by atoms with Crippen molar-refractivity contribution >= 4 is 46.4 Å². The lowest BCUT2D eigenvalue weighted by atomic mass is 10.1. The number of nitrogens with one attached hydrogen (secondary N) is 4. The number of carbonyl (C=O) groups excluding carboxylic acids is 4. The third-order valence-corrected chi connectivity index (χ3v) is 6.24. The second-order valence-corrected chi connectivity index (χ2v) is 9.29. The molecule has 0 unspecified atom stereocenters. The molecular formula is C34H26N4O4. The van der Waals surface area contributed by atoms with E-state index in [1.165, 1.54) is 0 Å². The van der Waals surface area contributed by atoms with E-state index in [0.717, 1.165) is 0 Å². The van der Waals surface area contributed by atoms with Crippen molar-refractivity contribution < 1.29 is 19.2 Å². The first-order valence-electron chi connectivity index (χ1n) is 13.1. The first-order valence-corrected chi connectivity index (χ1v) is 13.1. The first kappa shape index (κ1) is 27.5. The van der Waals surface area contributed by atoms with Crippen molar-refractivity contribution in [3.05, 3.63) is 156 Å². The SMILES string of the molecule is O=C(Nc1cccc(NC(=O)c2ccc(C(=O)Nc3cccc(NC(=O)c4ccccc4)c3)cc2)c1)c1ccccc1. The standard InChI is InChI=1S/C34H26N4O4/c39-31(23-9-3-1-4-10-23)35-27-13-7-15-29(21-27)37-33(41)25-17-19-26(20-18-25)34(42)38-30-16-8-14-28(22-30)36-32(40)24-11-5-2-6-12-24/h1-22H,(H,35,39)(H,36,40)(H,37,41)(H,38,42). The Morgan fingerprint density at radius 2 is 0.571 bits per heavy atom. The smallest absolute Gasteiger partial charge is 0.255 e. The van der Waals surface area contributed by atoms with Gasteiger partial charge in [0.05, 0.1) is 0 Å². The molecule has 4 N–H and O–H groups in total. The van der Waals surface area contributed by atoms with Crippen molar-refractivity contribution in [3.8, 4) is 0 Å². The molecular weight excluding hydrogens is 528 g/mol. The minimum absolute atomic E-state index is 0.253. The topological polar surface area (TPSA) is 116 Å². The Morgan fingerprint density at radius 1 is 0.310 bits per heavy atom. The molecule has 0 saturated carbocycles. The van der Waals surface area contributed by atoms with E-state index in [4.69, 9.17) is 0 Å². The Labute approximate surface area is 242 Å². The van der Waals surface area contributed by atoms with Crippen molar-refractivity contribution in [1.82, 2.24) is 0 Å². The maximum absolute atomic E-state index is 12.8. The summed E-state index contributed by atoms with van der Waals surface area (Å²) in [6, 6.07) is 37.6. The zero-order chi connectivity index (χ0) is 29.3. The fraction of sp³-hybridized carbons (Fsp3) is 0. The van der Waals surface area contributed by atoms with Crippen LogP contribution in [0.5, 0.6) is 0 Å². The summed E-state index contributed by atoms with van der Waals surface area (Å²) in [7, 11) is 0. The van der Waals surface area contributed by atoms with Crippen molar-refractivity contribution in [1.29, 1.82) is 0 Å². The van der Waals surface area contributed by atoms with Gasteiger partial charge in [-0.25, -0.2) is 0 Å². The maximum Gasteiger partial charge on any atom is 0.255 e. The molecule has 0 bridgehead atoms. The highest BCUT2D eigenvalue weighted by Gasteiger charge is 2.12. The lowest BCUT2D eigenvalue weighted by molar-refractivity contribution is 0.101. The Balaban J connectivity index is 1.18. The molecule has 8 nitrogen and oxygen atoms in total. The van der Waals surface area contributed by atoms with Crippen LogP contribution < -0.4 is 21.3 Å². The molecule has 0 radical (unpaired) electrons. The quantitative estimate of drug-likeness (QED) is 0.171. The van der Waals surface area contributed by atoms with Gasteiger partial charge in [0, 0.05) is 45.0 Å². The third-order valence-electron chi connectivity index (χ3n) is 6.24. The molecule has 0 atom stereocenters. The van der Waals surface area contributed by atoms with Gasteiger partial charge in [-0.2, -0.15) is 0 Å². The number of anilines is 4. The average Bonchev–Trinajstić information content (AvgIpc) is 3.02. The highest BCUT2D eigenvalue weighted by atomic mass is 16.2. The van der Waals surface area contributed by atoms with Crippen LogP contribution in [0, 0.1) is 0 Å². The van der Waals surface area contributed by atoms with Gasteiger partial charge < -0.3 is 21.3 Å². The normalized spacial score (nSPS) is 10.3. The number of amides is 4. The van der Waals surface area contributed by atoms with Crippen LogP contribution in [0.4, 0.5) is 22.7 Å². The Morgan fingerprint density at radius 3 is 0.857 bits per heavy atom. The van der Waals surface area contributed by atoms with Gasteiger partial charge in [0.1, 0.15) is 0 Å². The lowest BCUT2D eigenvalue weighted by Gasteiger charge is -2.10. The van der Waals surface area contributed by atoms with Gasteiger partial charge in [-0.15, -0.1) is 0 Å². The van der Waals surface area contributed by atoms with Gasteiger partial charge in [-0.1, -0.05) is 48.5 Å². The van der Waals surface area contributed by atoms with Gasteiger partial charge in [0.25, 0.3) is 23.6 Å². The second kappa shape index (κ2) is 12.9. The van der Waals surface area contributed by atoms with Crippen LogP contribution in [0.3, 0.4) is 0 Å². The first-order chi connectivity index (χ1) is 20.4. The Kier molecular flexibility index (Phi) is 8.45. The minimum atomic E-state index is -0.365. The van der Waals surface area contributed by atoms with E-state index in [2.05, 4.69) is 21.3 Å². The molecule has 4 amide bonds. The molecule has 0 spiro atoms. The van der Waals surface area contributed by atoms with Gasteiger partial charge in [0.15, 0.2) is 0 Å². The van der Waals surface area contributed by atoms with Crippen molar-refractivity contribution in [2.75, 3.05) is 21.3 Å². The summed E-state index contributed by atoms with van der Waals surface area (Å²) in [5.41, 5.74) is 3.86. The van der Waals surface area contributed by atoms with Crippen LogP contribution in [0.15, 0.2) is 133 Å². The molecule has 0 aromatic heterocycles. The second-order valence-electron chi connectivity index (χ2n) is 9.29. The lowest BCUT2D eigenvalue weighted by Crippen LogP contribution is -2.15. The molecule has 42 heavy (non-hydrogen) atoms. The van der Waals surface area contributed by atoms with E-state index in [9.17, 15) is 19.2 Å². The molecule has 206 valence electrons. The Bertz CT molecular complexity index is 1610. The molecule has 0 aliphatic rings. The van der Waals surface area contributed by atoms with Crippen molar-refractivity contribution in [2.45, 2.75) is 0 Å². The molecule has 5 aromatic carbocycles. The number of rotatable bonds is 8. The van der Waals surface area contributed by atoms with Gasteiger partial charge >= 0.3 is 0 Å². The van der Waals surface area contributed by atoms with E-state index < -0.39 is 0 Å². The molecule has 8 heteroatoms. The van der Waals surface area contributed by atoms with Gasteiger partial charge in [-0.3, -0.25) is 19.2 Å². The molecule has 0 heterocycles. The highest BCUT2D eigenvalue weighted by Crippen LogP contribution is 2.19. The largest absolute Gasteiger partial charge is 0.322 e. The molecule has 0 saturated heterocycles. The van der Waals surface area contributed by atoms with Crippen LogP contribution in [-0.2, 0) is 0 Å². The third kappa shape index (κ3) is 7.13. The molecule has 0 aliphatic heterocycles. The molecule has 5 aromatic rings. The summed E-state index contributed by atoms with van der Waals surface area (Å²) in [6.45, 7) is 0. The summed E-state index contributed by atoms with van der Waals surface area (Å²) in [5, 5.41) is 11.2. The van der Waals surface area contributed by atoms with E-state index in [1.54, 1.807) is 121 Å². The van der Waals surface area contributed by atoms with Crippen molar-refractivity contribution in [3.63, 3.8) is 0 Å². The predicted molar refractivity (Wildman–Crippen MR) is 164 cm³/mol. The minimum Gasteiger partial charge on any atom is -0.322 e. The van der Waals surface area contributed by atoms with E-state index in [0.29, 0.717) is 45.0 Å². The number of hydrogen-bond acceptors (Lipinski definition) is 4. The van der Waals surface area contributed by atoms with Gasteiger partial charge in [-0.05, 0) is 84.9 Å². The average molecular weight is 555 g/mol. The zero-order valence-corrected chi connectivity index (χ0v) is 22.3. The molecule has 0 fully saturated rings. The molecule has 5 rings (SSSR count). The summed E-state index contributed by atoms with van der Waals surface area (Å²) in [6.07, 6.45) is 0.